The molecule has 2 atom stereocenters. The van der Waals surface area contributed by atoms with Crippen LogP contribution in [0.2, 0.25) is 0 Å². The number of rotatable bonds is 13. The first-order chi connectivity index (χ1) is 27.2. The highest BCUT2D eigenvalue weighted by Gasteiger charge is 2.31. The minimum absolute atomic E-state index is 0.00209. The smallest absolute Gasteiger partial charge is 0.331 e. The van der Waals surface area contributed by atoms with Crippen molar-refractivity contribution in [3.05, 3.63) is 92.3 Å². The highest BCUT2D eigenvalue weighted by Crippen LogP contribution is 2.36. The number of aryl methyl sites for hydroxylation is 1. The summed E-state index contributed by atoms with van der Waals surface area (Å²) in [7, 11) is 0. The van der Waals surface area contributed by atoms with E-state index in [0.717, 1.165) is 31.9 Å². The lowest BCUT2D eigenvalue weighted by Crippen LogP contribution is -2.35. The molecule has 0 N–H and O–H groups in total. The van der Waals surface area contributed by atoms with Crippen molar-refractivity contribution in [3.63, 3.8) is 0 Å². The number of amides is 2. The van der Waals surface area contributed by atoms with Crippen molar-refractivity contribution in [1.29, 1.82) is 0 Å². The maximum absolute atomic E-state index is 12.8. The molecule has 0 aliphatic carbocycles. The van der Waals surface area contributed by atoms with Crippen LogP contribution in [-0.4, -0.2) is 61.8 Å². The Labute approximate surface area is 335 Å². The third kappa shape index (κ3) is 10.2. The quantitative estimate of drug-likeness (QED) is 0.0662. The standard InChI is InChI=1S/C40H41N5O10S2/c1-8-43-35-15-13-29(33(41-52-25(4)48)21-37(39-11-9-17-56-39)44(23(2)46)54-27(6)50)19-31(35)32-20-30(14-16-36(32)43)34(42-53-26(5)49)22-38(40-12-10-18-57-40)45(24(3)47)55-28(7)51/h9-20,37-38H,8,21-22H2,1-7H3/b41-33+,42-34+. The predicted octanol–water partition coefficient (Wildman–Crippen LogP) is 7.39. The molecule has 3 aromatic heterocycles. The van der Waals surface area contributed by atoms with Crippen LogP contribution >= 0.6 is 22.7 Å². The van der Waals surface area contributed by atoms with Crippen molar-refractivity contribution >= 4 is 91.6 Å². The van der Waals surface area contributed by atoms with Crippen molar-refractivity contribution in [3.8, 4) is 0 Å². The number of hydroxylamine groups is 4. The molecule has 0 fully saturated rings. The molecular formula is C40H41N5O10S2. The van der Waals surface area contributed by atoms with E-state index >= 15 is 0 Å². The van der Waals surface area contributed by atoms with E-state index in [1.807, 2.05) is 54.1 Å². The van der Waals surface area contributed by atoms with Gasteiger partial charge in [0.05, 0.1) is 11.4 Å². The number of oxime groups is 2. The van der Waals surface area contributed by atoms with Gasteiger partial charge in [0.25, 0.3) is 11.8 Å². The van der Waals surface area contributed by atoms with Crippen molar-refractivity contribution < 1.29 is 48.1 Å². The Kier molecular flexibility index (Phi) is 13.7. The number of carbonyl (C=O) groups is 6. The van der Waals surface area contributed by atoms with Gasteiger partial charge in [-0.05, 0) is 54.1 Å². The Morgan fingerprint density at radius 2 is 1.02 bits per heavy atom. The van der Waals surface area contributed by atoms with Gasteiger partial charge in [-0.25, -0.2) is 9.59 Å². The van der Waals surface area contributed by atoms with E-state index in [-0.39, 0.29) is 12.8 Å². The van der Waals surface area contributed by atoms with E-state index in [0.29, 0.717) is 38.8 Å². The second kappa shape index (κ2) is 18.6. The molecule has 0 aliphatic heterocycles. The number of thiophene rings is 2. The van der Waals surface area contributed by atoms with Crippen LogP contribution in [0.3, 0.4) is 0 Å². The summed E-state index contributed by atoms with van der Waals surface area (Å²) in [6, 6.07) is 16.9. The normalized spacial score (nSPS) is 12.8. The first-order valence-corrected chi connectivity index (χ1v) is 19.5. The molecule has 57 heavy (non-hydrogen) atoms. The number of nitrogens with zero attached hydrogens (tertiary/aromatic N) is 5. The van der Waals surface area contributed by atoms with Gasteiger partial charge in [-0.1, -0.05) is 34.6 Å². The second-order valence-electron chi connectivity index (χ2n) is 12.8. The van der Waals surface area contributed by atoms with Crippen LogP contribution in [0.25, 0.3) is 21.8 Å². The van der Waals surface area contributed by atoms with Gasteiger partial charge in [0.2, 0.25) is 0 Å². The van der Waals surface area contributed by atoms with Crippen molar-refractivity contribution in [2.24, 2.45) is 10.3 Å². The van der Waals surface area contributed by atoms with Crippen molar-refractivity contribution in [2.45, 2.75) is 79.9 Å². The second-order valence-corrected chi connectivity index (χ2v) is 14.7. The number of carbonyl (C=O) groups excluding carboxylic acids is 6. The maximum Gasteiger partial charge on any atom is 0.331 e. The number of benzene rings is 2. The fraction of sp³-hybridized carbons (Fsp3) is 0.300. The number of fused-ring (bicyclic) bond motifs is 3. The fourth-order valence-electron chi connectivity index (χ4n) is 6.36. The zero-order chi connectivity index (χ0) is 41.4. The largest absolute Gasteiger partial charge is 0.341 e. The maximum atomic E-state index is 12.8. The van der Waals surface area contributed by atoms with Crippen LogP contribution in [0.4, 0.5) is 0 Å². The number of hydrogen-bond donors (Lipinski definition) is 0. The highest BCUT2D eigenvalue weighted by atomic mass is 32.1. The van der Waals surface area contributed by atoms with Gasteiger partial charge in [-0.15, -0.1) is 22.7 Å². The van der Waals surface area contributed by atoms with Gasteiger partial charge in [-0.3, -0.25) is 19.2 Å². The van der Waals surface area contributed by atoms with Crippen LogP contribution < -0.4 is 0 Å². The summed E-state index contributed by atoms with van der Waals surface area (Å²) in [6.07, 6.45) is 0.00419. The Bertz CT molecular complexity index is 2200. The van der Waals surface area contributed by atoms with Gasteiger partial charge < -0.3 is 23.9 Å². The monoisotopic (exact) mass is 815 g/mol. The van der Waals surface area contributed by atoms with Gasteiger partial charge in [0, 0.05) is 104 Å². The Balaban J connectivity index is 1.67. The van der Waals surface area contributed by atoms with Gasteiger partial charge in [0.15, 0.2) is 0 Å². The molecular weight excluding hydrogens is 775 g/mol. The van der Waals surface area contributed by atoms with Gasteiger partial charge >= 0.3 is 23.9 Å². The lowest BCUT2D eigenvalue weighted by Gasteiger charge is -2.28. The summed E-state index contributed by atoms with van der Waals surface area (Å²) in [5.41, 5.74) is 3.44. The molecule has 3 heterocycles. The zero-order valence-corrected chi connectivity index (χ0v) is 34.0. The highest BCUT2D eigenvalue weighted by molar-refractivity contribution is 7.10. The molecule has 5 aromatic rings. The Hall–Kier alpha value is -6.20. The van der Waals surface area contributed by atoms with Gasteiger partial charge in [0.1, 0.15) is 12.1 Å². The molecule has 2 unspecified atom stereocenters. The molecule has 17 heteroatoms. The molecule has 15 nitrogen and oxygen atoms in total. The molecule has 0 spiro atoms. The lowest BCUT2D eigenvalue weighted by atomic mass is 9.97. The summed E-state index contributed by atoms with van der Waals surface area (Å²) < 4.78 is 2.11. The molecule has 0 bridgehead atoms. The SMILES string of the molecule is CCn1c2ccc(/C(CC(c3cccs3)N(OC(C)=O)C(C)=O)=N/OC(C)=O)cc2c2cc(/C(CC(c3cccs3)N(OC(C)=O)C(C)=O)=N/OC(C)=O)ccc21. The summed E-state index contributed by atoms with van der Waals surface area (Å²) in [5.74, 6) is -3.72. The van der Waals surface area contributed by atoms with Crippen LogP contribution in [0.5, 0.6) is 0 Å². The third-order valence-corrected chi connectivity index (χ3v) is 10.5. The molecule has 5 rings (SSSR count). The first kappa shape index (κ1) is 42.0. The van der Waals surface area contributed by atoms with Crippen LogP contribution in [0.1, 0.15) is 94.3 Å². The average Bonchev–Trinajstić information content (AvgIpc) is 3.94. The van der Waals surface area contributed by atoms with Crippen LogP contribution in [0.15, 0.2) is 81.7 Å². The van der Waals surface area contributed by atoms with E-state index in [4.69, 9.17) is 19.4 Å². The molecule has 0 saturated heterocycles. The zero-order valence-electron chi connectivity index (χ0n) is 32.3. The van der Waals surface area contributed by atoms with Crippen molar-refractivity contribution in [2.75, 3.05) is 0 Å². The third-order valence-electron chi connectivity index (χ3n) is 8.57. The molecule has 0 aliphatic rings. The van der Waals surface area contributed by atoms with Gasteiger partial charge in [-0.2, -0.15) is 10.1 Å². The van der Waals surface area contributed by atoms with E-state index in [2.05, 4.69) is 14.9 Å². The lowest BCUT2D eigenvalue weighted by molar-refractivity contribution is -0.204. The topological polar surface area (TPSA) is 175 Å². The molecule has 2 amide bonds. The molecule has 298 valence electrons. The fourth-order valence-corrected chi connectivity index (χ4v) is 7.97. The molecule has 2 aromatic carbocycles. The van der Waals surface area contributed by atoms with E-state index in [1.165, 1.54) is 64.2 Å². The minimum atomic E-state index is -0.808. The summed E-state index contributed by atoms with van der Waals surface area (Å²) in [4.78, 5) is 96.4. The van der Waals surface area contributed by atoms with Crippen molar-refractivity contribution in [1.82, 2.24) is 14.7 Å². The Morgan fingerprint density at radius 3 is 1.32 bits per heavy atom. The van der Waals surface area contributed by atoms with E-state index < -0.39 is 47.8 Å². The minimum Gasteiger partial charge on any atom is -0.341 e. The summed E-state index contributed by atoms with van der Waals surface area (Å²) in [6.45, 7) is 10.0. The molecule has 0 radical (unpaired) electrons. The number of hydrogen-bond acceptors (Lipinski definition) is 14. The predicted molar refractivity (Wildman–Crippen MR) is 214 cm³/mol. The summed E-state index contributed by atoms with van der Waals surface area (Å²) in [5, 5.41) is 15.7. The Morgan fingerprint density at radius 1 is 0.614 bits per heavy atom. The van der Waals surface area contributed by atoms with Crippen LogP contribution in [-0.2, 0) is 54.7 Å². The number of aromatic nitrogens is 1. The molecule has 0 saturated carbocycles. The van der Waals surface area contributed by atoms with E-state index in [9.17, 15) is 28.8 Å². The van der Waals surface area contributed by atoms with E-state index in [1.54, 1.807) is 24.3 Å². The first-order valence-electron chi connectivity index (χ1n) is 17.8. The van der Waals surface area contributed by atoms with Crippen LogP contribution in [0, 0.1) is 0 Å². The average molecular weight is 816 g/mol. The summed E-state index contributed by atoms with van der Waals surface area (Å²) >= 11 is 2.71.